The number of nitrogens with zero attached hydrogens (tertiary/aromatic N) is 1. The lowest BCUT2D eigenvalue weighted by Crippen LogP contribution is -2.28. The van der Waals surface area contributed by atoms with E-state index in [1.54, 1.807) is 6.92 Å². The Labute approximate surface area is 200 Å². The van der Waals surface area contributed by atoms with Gasteiger partial charge in [-0.25, -0.2) is 14.6 Å². The van der Waals surface area contributed by atoms with Crippen LogP contribution < -0.4 is 0 Å². The Morgan fingerprint density at radius 2 is 1.58 bits per heavy atom. The van der Waals surface area contributed by atoms with Crippen molar-refractivity contribution < 1.29 is 19.3 Å². The average Bonchev–Trinajstić information content (AvgIpc) is 2.72. The minimum absolute atomic E-state index is 0.0311. The highest BCUT2D eigenvalue weighted by atomic mass is 17.2. The number of likely N-dealkylation sites (N-methyl/N-ethyl adjacent to an activating group) is 1. The molecule has 5 nitrogen and oxygen atoms in total. The summed E-state index contributed by atoms with van der Waals surface area (Å²) in [6, 6.07) is 15.4. The van der Waals surface area contributed by atoms with Crippen molar-refractivity contribution in [1.29, 1.82) is 0 Å². The SMILES string of the molecule is CCOC(=O)COOCC(c1ccc(-c2cccc(C(C)(C)C)c2)cc1C(C)(C)C)N(C)C. The van der Waals surface area contributed by atoms with Gasteiger partial charge >= 0.3 is 5.97 Å². The smallest absolute Gasteiger partial charge is 0.335 e. The number of hydrogen-bond acceptors (Lipinski definition) is 5. The third-order valence-corrected chi connectivity index (χ3v) is 5.70. The van der Waals surface area contributed by atoms with E-state index in [1.807, 2.05) is 14.1 Å². The van der Waals surface area contributed by atoms with Crippen LogP contribution in [0.4, 0.5) is 0 Å². The molecule has 0 fully saturated rings. The molecule has 0 aliphatic rings. The first kappa shape index (κ1) is 27.0. The van der Waals surface area contributed by atoms with Gasteiger partial charge in [-0.2, -0.15) is 0 Å². The number of esters is 1. The maximum atomic E-state index is 11.5. The molecule has 5 heteroatoms. The van der Waals surface area contributed by atoms with Crippen LogP contribution in [-0.4, -0.2) is 44.8 Å². The van der Waals surface area contributed by atoms with E-state index in [0.717, 1.165) is 0 Å². The molecule has 182 valence electrons. The Morgan fingerprint density at radius 3 is 2.15 bits per heavy atom. The molecule has 1 atom stereocenters. The lowest BCUT2D eigenvalue weighted by atomic mass is 9.79. The summed E-state index contributed by atoms with van der Waals surface area (Å²) in [7, 11) is 4.04. The van der Waals surface area contributed by atoms with Gasteiger partial charge in [-0.05, 0) is 59.7 Å². The molecule has 0 radical (unpaired) electrons. The van der Waals surface area contributed by atoms with Gasteiger partial charge in [-0.15, -0.1) is 0 Å². The van der Waals surface area contributed by atoms with E-state index in [9.17, 15) is 4.79 Å². The fourth-order valence-electron chi connectivity index (χ4n) is 3.76. The predicted molar refractivity (Wildman–Crippen MR) is 134 cm³/mol. The van der Waals surface area contributed by atoms with E-state index in [2.05, 4.69) is 88.9 Å². The van der Waals surface area contributed by atoms with Gasteiger partial charge in [0.15, 0.2) is 6.61 Å². The highest BCUT2D eigenvalue weighted by Crippen LogP contribution is 2.36. The van der Waals surface area contributed by atoms with E-state index >= 15 is 0 Å². The van der Waals surface area contributed by atoms with Crippen LogP contribution in [0.1, 0.15) is 71.2 Å². The number of rotatable bonds is 9. The summed E-state index contributed by atoms with van der Waals surface area (Å²) in [5.74, 6) is -0.434. The Kier molecular flexibility index (Phi) is 9.24. The van der Waals surface area contributed by atoms with Gasteiger partial charge in [0.25, 0.3) is 0 Å². The van der Waals surface area contributed by atoms with Gasteiger partial charge in [0.1, 0.15) is 6.61 Å². The third kappa shape index (κ3) is 7.66. The quantitative estimate of drug-likeness (QED) is 0.199. The van der Waals surface area contributed by atoms with Gasteiger partial charge in [0, 0.05) is 0 Å². The van der Waals surface area contributed by atoms with Gasteiger partial charge in [-0.1, -0.05) is 84.0 Å². The predicted octanol–water partition coefficient (Wildman–Crippen LogP) is 6.06. The Bertz CT molecular complexity index is 922. The molecule has 2 aromatic carbocycles. The summed E-state index contributed by atoms with van der Waals surface area (Å²) < 4.78 is 4.87. The van der Waals surface area contributed by atoms with Crippen LogP contribution in [0.5, 0.6) is 0 Å². The maximum Gasteiger partial charge on any atom is 0.335 e. The summed E-state index contributed by atoms with van der Waals surface area (Å²) in [4.78, 5) is 24.1. The number of carbonyl (C=O) groups excluding carboxylic acids is 1. The van der Waals surface area contributed by atoms with E-state index in [4.69, 9.17) is 14.5 Å². The highest BCUT2D eigenvalue weighted by molar-refractivity contribution is 5.70. The molecule has 2 rings (SSSR count). The van der Waals surface area contributed by atoms with Gasteiger partial charge in [0.05, 0.1) is 12.6 Å². The van der Waals surface area contributed by atoms with Crippen molar-refractivity contribution in [2.75, 3.05) is 33.9 Å². The second kappa shape index (κ2) is 11.3. The lowest BCUT2D eigenvalue weighted by Gasteiger charge is -2.31. The van der Waals surface area contributed by atoms with Gasteiger partial charge in [-0.3, -0.25) is 0 Å². The molecular formula is C28H41NO4. The fourth-order valence-corrected chi connectivity index (χ4v) is 3.76. The Morgan fingerprint density at radius 1 is 0.909 bits per heavy atom. The molecule has 0 heterocycles. The summed E-state index contributed by atoms with van der Waals surface area (Å²) in [6.45, 7) is 15.6. The van der Waals surface area contributed by atoms with Gasteiger partial charge in [0.2, 0.25) is 0 Å². The lowest BCUT2D eigenvalue weighted by molar-refractivity contribution is -0.299. The molecule has 0 N–H and O–H groups in total. The fraction of sp³-hybridized carbons (Fsp3) is 0.536. The highest BCUT2D eigenvalue weighted by Gasteiger charge is 2.26. The van der Waals surface area contributed by atoms with Crippen LogP contribution in [0, 0.1) is 0 Å². The zero-order valence-electron chi connectivity index (χ0n) is 21.8. The molecule has 2 aromatic rings. The van der Waals surface area contributed by atoms with E-state index < -0.39 is 5.97 Å². The molecule has 0 spiro atoms. The molecule has 0 bridgehead atoms. The average molecular weight is 456 g/mol. The standard InChI is InChI=1S/C28H41NO4/c1-10-31-26(30)19-33-32-18-25(29(8)9)23-15-14-21(17-24(23)28(5,6)7)20-12-11-13-22(16-20)27(2,3)4/h11-17,25H,10,18-19H2,1-9H3. The molecular weight excluding hydrogens is 414 g/mol. The van der Waals surface area contributed by atoms with Crippen LogP contribution >= 0.6 is 0 Å². The number of carbonyl (C=O) groups is 1. The van der Waals surface area contributed by atoms with Gasteiger partial charge < -0.3 is 9.64 Å². The monoisotopic (exact) mass is 455 g/mol. The molecule has 33 heavy (non-hydrogen) atoms. The van der Waals surface area contributed by atoms with Crippen LogP contribution in [0.25, 0.3) is 11.1 Å². The zero-order chi connectivity index (χ0) is 24.8. The maximum absolute atomic E-state index is 11.5. The van der Waals surface area contributed by atoms with Crippen molar-refractivity contribution in [3.05, 3.63) is 59.2 Å². The molecule has 1 unspecified atom stereocenters. The molecule has 0 saturated heterocycles. The first-order valence-corrected chi connectivity index (χ1v) is 11.7. The molecule has 0 amide bonds. The number of benzene rings is 2. The van der Waals surface area contributed by atoms with E-state index in [1.165, 1.54) is 27.8 Å². The minimum Gasteiger partial charge on any atom is -0.464 e. The molecule has 0 aliphatic carbocycles. The van der Waals surface area contributed by atoms with Crippen molar-refractivity contribution in [2.24, 2.45) is 0 Å². The van der Waals surface area contributed by atoms with Crippen molar-refractivity contribution in [2.45, 2.75) is 65.3 Å². The summed E-state index contributed by atoms with van der Waals surface area (Å²) in [5.41, 5.74) is 6.21. The Balaban J connectivity index is 2.35. The van der Waals surface area contributed by atoms with Crippen LogP contribution in [0.15, 0.2) is 42.5 Å². The minimum atomic E-state index is -0.434. The second-order valence-corrected chi connectivity index (χ2v) is 10.7. The summed E-state index contributed by atoms with van der Waals surface area (Å²) in [6.07, 6.45) is 0. The first-order chi connectivity index (χ1) is 15.3. The summed E-state index contributed by atoms with van der Waals surface area (Å²) in [5, 5.41) is 0. The van der Waals surface area contributed by atoms with Crippen LogP contribution in [-0.2, 0) is 30.1 Å². The number of ether oxygens (including phenoxy) is 1. The van der Waals surface area contributed by atoms with Crippen LogP contribution in [0.2, 0.25) is 0 Å². The number of hydrogen-bond donors (Lipinski definition) is 0. The largest absolute Gasteiger partial charge is 0.464 e. The van der Waals surface area contributed by atoms with Crippen LogP contribution in [0.3, 0.4) is 0 Å². The topological polar surface area (TPSA) is 48.0 Å². The second-order valence-electron chi connectivity index (χ2n) is 10.7. The Hall–Kier alpha value is -2.21. The molecule has 0 aromatic heterocycles. The zero-order valence-corrected chi connectivity index (χ0v) is 21.8. The summed E-state index contributed by atoms with van der Waals surface area (Å²) >= 11 is 0. The van der Waals surface area contributed by atoms with Crippen molar-refractivity contribution in [3.63, 3.8) is 0 Å². The first-order valence-electron chi connectivity index (χ1n) is 11.7. The molecule has 0 aliphatic heterocycles. The van der Waals surface area contributed by atoms with E-state index in [-0.39, 0.29) is 23.5 Å². The van der Waals surface area contributed by atoms with Crippen molar-refractivity contribution in [1.82, 2.24) is 4.90 Å². The third-order valence-electron chi connectivity index (χ3n) is 5.70. The normalized spacial score (nSPS) is 13.3. The van der Waals surface area contributed by atoms with E-state index in [0.29, 0.717) is 13.2 Å². The van der Waals surface area contributed by atoms with Crippen molar-refractivity contribution in [3.8, 4) is 11.1 Å². The van der Waals surface area contributed by atoms with Crippen molar-refractivity contribution >= 4 is 5.97 Å². The molecule has 0 saturated carbocycles.